The van der Waals surface area contributed by atoms with Crippen LogP contribution >= 0.6 is 12.2 Å². The van der Waals surface area contributed by atoms with Gasteiger partial charge in [-0.25, -0.2) is 0 Å². The molecule has 5 heteroatoms. The molecular formula is C14H20N2O2S. The van der Waals surface area contributed by atoms with Gasteiger partial charge in [-0.1, -0.05) is 38.2 Å². The lowest BCUT2D eigenvalue weighted by atomic mass is 9.94. The van der Waals surface area contributed by atoms with Crippen LogP contribution in [0.3, 0.4) is 0 Å². The van der Waals surface area contributed by atoms with E-state index in [0.717, 1.165) is 0 Å². The topological polar surface area (TPSA) is 55.6 Å². The smallest absolute Gasteiger partial charge is 0.237 e. The second kappa shape index (κ2) is 6.52. The van der Waals surface area contributed by atoms with Gasteiger partial charge in [0.25, 0.3) is 0 Å². The van der Waals surface area contributed by atoms with E-state index in [1.54, 1.807) is 19.1 Å². The Morgan fingerprint density at radius 1 is 1.37 bits per heavy atom. The number of thiocarbonyl (C=S) groups is 1. The average molecular weight is 280 g/mol. The van der Waals surface area contributed by atoms with Crippen molar-refractivity contribution < 1.29 is 9.53 Å². The summed E-state index contributed by atoms with van der Waals surface area (Å²) in [6.45, 7) is 3.86. The Hall–Kier alpha value is -1.62. The fraction of sp³-hybridized carbons (Fsp3) is 0.429. The highest BCUT2D eigenvalue weighted by Gasteiger charge is 2.29. The molecule has 0 aliphatic heterocycles. The van der Waals surface area contributed by atoms with Gasteiger partial charge in [-0.05, 0) is 18.1 Å². The third kappa shape index (κ3) is 3.44. The molecule has 1 rings (SSSR count). The number of carbonyl (C=O) groups is 1. The van der Waals surface area contributed by atoms with Crippen LogP contribution in [0, 0.1) is 11.8 Å². The Labute approximate surface area is 119 Å². The molecule has 19 heavy (non-hydrogen) atoms. The Kier molecular flexibility index (Phi) is 5.30. The molecule has 2 N–H and O–H groups in total. The molecular weight excluding hydrogens is 260 g/mol. The van der Waals surface area contributed by atoms with Gasteiger partial charge >= 0.3 is 0 Å². The Bertz CT molecular complexity index is 474. The van der Waals surface area contributed by atoms with E-state index < -0.39 is 5.92 Å². The molecule has 1 unspecified atom stereocenters. The van der Waals surface area contributed by atoms with Gasteiger partial charge in [-0.15, -0.1) is 0 Å². The zero-order valence-corrected chi connectivity index (χ0v) is 12.5. The molecule has 0 radical (unpaired) electrons. The molecule has 1 atom stereocenters. The highest BCUT2D eigenvalue weighted by atomic mass is 32.1. The number of carbonyl (C=O) groups excluding carboxylic acids is 1. The van der Waals surface area contributed by atoms with Gasteiger partial charge in [0, 0.05) is 7.05 Å². The highest BCUT2D eigenvalue weighted by Crippen LogP contribution is 2.28. The maximum atomic E-state index is 12.5. The lowest BCUT2D eigenvalue weighted by Gasteiger charge is -2.26. The highest BCUT2D eigenvalue weighted by molar-refractivity contribution is 7.80. The van der Waals surface area contributed by atoms with E-state index in [0.29, 0.717) is 11.4 Å². The number of rotatable bonds is 5. The van der Waals surface area contributed by atoms with Crippen LogP contribution in [-0.4, -0.2) is 25.1 Å². The van der Waals surface area contributed by atoms with Gasteiger partial charge in [-0.2, -0.15) is 0 Å². The van der Waals surface area contributed by atoms with E-state index in [4.69, 9.17) is 22.7 Å². The maximum absolute atomic E-state index is 12.5. The minimum absolute atomic E-state index is 0.0576. The Morgan fingerprint density at radius 2 is 1.95 bits per heavy atom. The van der Waals surface area contributed by atoms with Crippen LogP contribution in [0.1, 0.15) is 13.8 Å². The molecule has 1 aromatic carbocycles. The molecule has 4 nitrogen and oxygen atoms in total. The molecule has 0 aliphatic carbocycles. The second-order valence-electron chi connectivity index (χ2n) is 4.69. The summed E-state index contributed by atoms with van der Waals surface area (Å²) in [6.07, 6.45) is 0. The molecule has 0 aliphatic rings. The lowest BCUT2D eigenvalue weighted by Crippen LogP contribution is -2.42. The minimum Gasteiger partial charge on any atom is -0.495 e. The van der Waals surface area contributed by atoms with Gasteiger partial charge in [-0.3, -0.25) is 4.79 Å². The van der Waals surface area contributed by atoms with Crippen molar-refractivity contribution in [2.45, 2.75) is 13.8 Å². The first kappa shape index (κ1) is 15.4. The molecule has 0 bridgehead atoms. The first-order chi connectivity index (χ1) is 8.90. The number of nitrogens with zero attached hydrogens (tertiary/aromatic N) is 1. The summed E-state index contributed by atoms with van der Waals surface area (Å²) in [4.78, 5) is 14.3. The van der Waals surface area contributed by atoms with E-state index in [2.05, 4.69) is 0 Å². The van der Waals surface area contributed by atoms with Crippen LogP contribution in [0.4, 0.5) is 5.69 Å². The van der Waals surface area contributed by atoms with Gasteiger partial charge in [0.05, 0.1) is 23.7 Å². The summed E-state index contributed by atoms with van der Waals surface area (Å²) < 4.78 is 5.26. The molecule has 1 amide bonds. The van der Waals surface area contributed by atoms with Crippen LogP contribution in [-0.2, 0) is 4.79 Å². The van der Waals surface area contributed by atoms with Crippen LogP contribution < -0.4 is 15.4 Å². The first-order valence-corrected chi connectivity index (χ1v) is 6.50. The molecule has 0 fully saturated rings. The largest absolute Gasteiger partial charge is 0.495 e. The lowest BCUT2D eigenvalue weighted by molar-refractivity contribution is -0.121. The quantitative estimate of drug-likeness (QED) is 0.840. The van der Waals surface area contributed by atoms with E-state index in [1.807, 2.05) is 38.1 Å². The molecule has 1 aromatic rings. The van der Waals surface area contributed by atoms with Gasteiger partial charge in [0.1, 0.15) is 5.75 Å². The summed E-state index contributed by atoms with van der Waals surface area (Å²) in [5, 5.41) is 0. The predicted molar refractivity (Wildman–Crippen MR) is 81.5 cm³/mol. The van der Waals surface area contributed by atoms with Crippen molar-refractivity contribution in [1.82, 2.24) is 0 Å². The van der Waals surface area contributed by atoms with Crippen molar-refractivity contribution >= 4 is 28.8 Å². The van der Waals surface area contributed by atoms with E-state index in [-0.39, 0.29) is 16.8 Å². The average Bonchev–Trinajstić information content (AvgIpc) is 2.36. The third-order valence-electron chi connectivity index (χ3n) is 3.02. The second-order valence-corrected chi connectivity index (χ2v) is 5.16. The number of hydrogen-bond donors (Lipinski definition) is 1. The summed E-state index contributed by atoms with van der Waals surface area (Å²) in [6, 6.07) is 7.35. The van der Waals surface area contributed by atoms with Gasteiger partial charge in [0.15, 0.2) is 0 Å². The summed E-state index contributed by atoms with van der Waals surface area (Å²) in [7, 11) is 3.28. The van der Waals surface area contributed by atoms with Crippen LogP contribution in [0.15, 0.2) is 24.3 Å². The fourth-order valence-electron chi connectivity index (χ4n) is 1.97. The van der Waals surface area contributed by atoms with Gasteiger partial charge in [0.2, 0.25) is 5.91 Å². The molecule has 0 saturated carbocycles. The number of amides is 1. The van der Waals surface area contributed by atoms with Crippen LogP contribution in [0.25, 0.3) is 0 Å². The molecule has 0 aromatic heterocycles. The van der Waals surface area contributed by atoms with Crippen molar-refractivity contribution in [3.05, 3.63) is 24.3 Å². The van der Waals surface area contributed by atoms with E-state index in [1.165, 1.54) is 0 Å². The van der Waals surface area contributed by atoms with E-state index >= 15 is 0 Å². The van der Waals surface area contributed by atoms with Gasteiger partial charge < -0.3 is 15.4 Å². The molecule has 0 saturated heterocycles. The normalized spacial score (nSPS) is 12.1. The summed E-state index contributed by atoms with van der Waals surface area (Å²) in [5.74, 6) is 0.114. The van der Waals surface area contributed by atoms with E-state index in [9.17, 15) is 4.79 Å². The third-order valence-corrected chi connectivity index (χ3v) is 3.27. The van der Waals surface area contributed by atoms with Crippen molar-refractivity contribution in [2.75, 3.05) is 19.1 Å². The van der Waals surface area contributed by atoms with Crippen molar-refractivity contribution in [2.24, 2.45) is 17.6 Å². The Morgan fingerprint density at radius 3 is 2.42 bits per heavy atom. The summed E-state index contributed by atoms with van der Waals surface area (Å²) >= 11 is 5.00. The summed E-state index contributed by atoms with van der Waals surface area (Å²) in [5.41, 5.74) is 6.38. The molecule has 0 heterocycles. The predicted octanol–water partition coefficient (Wildman–Crippen LogP) is 2.22. The number of benzene rings is 1. The monoisotopic (exact) mass is 280 g/mol. The standard InChI is InChI=1S/C14H20N2O2S/c1-9(2)12(13(15)19)14(17)16(3)10-7-5-6-8-11(10)18-4/h5-9,12H,1-4H3,(H2,15,19). The molecule has 104 valence electrons. The fourth-order valence-corrected chi connectivity index (χ4v) is 2.34. The van der Waals surface area contributed by atoms with Crippen molar-refractivity contribution in [3.63, 3.8) is 0 Å². The zero-order valence-electron chi connectivity index (χ0n) is 11.7. The van der Waals surface area contributed by atoms with Crippen LogP contribution in [0.5, 0.6) is 5.75 Å². The number of nitrogens with two attached hydrogens (primary N) is 1. The SMILES string of the molecule is COc1ccccc1N(C)C(=O)C(C(N)=S)C(C)C. The maximum Gasteiger partial charge on any atom is 0.237 e. The number of hydrogen-bond acceptors (Lipinski definition) is 3. The number of anilines is 1. The zero-order chi connectivity index (χ0) is 14.6. The number of ether oxygens (including phenoxy) is 1. The minimum atomic E-state index is -0.468. The molecule has 0 spiro atoms. The Balaban J connectivity index is 3.08. The van der Waals surface area contributed by atoms with Crippen LogP contribution in [0.2, 0.25) is 0 Å². The van der Waals surface area contributed by atoms with Crippen molar-refractivity contribution in [3.8, 4) is 5.75 Å². The number of para-hydroxylation sites is 2. The number of methoxy groups -OCH3 is 1. The first-order valence-electron chi connectivity index (χ1n) is 6.10. The van der Waals surface area contributed by atoms with Crippen molar-refractivity contribution in [1.29, 1.82) is 0 Å².